The molecule has 1 amide bonds. The van der Waals surface area contributed by atoms with E-state index in [0.717, 1.165) is 21.4 Å². The lowest BCUT2D eigenvalue weighted by atomic mass is 10.1. The van der Waals surface area contributed by atoms with Gasteiger partial charge in [-0.25, -0.2) is 9.86 Å². The molecule has 0 bridgehead atoms. The average Bonchev–Trinajstić information content (AvgIpc) is 3.25. The van der Waals surface area contributed by atoms with Crippen molar-refractivity contribution in [2.45, 2.75) is 13.8 Å². The summed E-state index contributed by atoms with van der Waals surface area (Å²) < 4.78 is 10.7. The number of fused-ring (bicyclic) bond motifs is 2. The van der Waals surface area contributed by atoms with E-state index in [1.165, 1.54) is 7.11 Å². The van der Waals surface area contributed by atoms with Crippen molar-refractivity contribution in [3.05, 3.63) is 71.2 Å². The minimum atomic E-state index is -1.02. The van der Waals surface area contributed by atoms with Gasteiger partial charge in [-0.05, 0) is 26.0 Å². The first-order chi connectivity index (χ1) is 13.8. The van der Waals surface area contributed by atoms with E-state index >= 15 is 0 Å². The Morgan fingerprint density at radius 1 is 0.862 bits per heavy atom. The first kappa shape index (κ1) is 20.2. The van der Waals surface area contributed by atoms with E-state index in [9.17, 15) is 9.59 Å². The van der Waals surface area contributed by atoms with Crippen LogP contribution in [0, 0.1) is 13.8 Å². The maximum atomic E-state index is 11.9. The van der Waals surface area contributed by atoms with Crippen LogP contribution in [0.1, 0.15) is 32.2 Å². The monoisotopic (exact) mass is 395 g/mol. The molecule has 150 valence electrons. The molecule has 0 aliphatic heterocycles. The highest BCUT2D eigenvalue weighted by atomic mass is 16.7. The van der Waals surface area contributed by atoms with Crippen LogP contribution in [0.4, 0.5) is 0 Å². The van der Waals surface area contributed by atoms with Gasteiger partial charge in [0.1, 0.15) is 11.2 Å². The molecule has 0 saturated heterocycles. The Kier molecular flexibility index (Phi) is 5.70. The van der Waals surface area contributed by atoms with E-state index in [1.807, 2.05) is 49.4 Å². The topological polar surface area (TPSA) is 93.1 Å². The zero-order valence-corrected chi connectivity index (χ0v) is 16.6. The zero-order valence-electron chi connectivity index (χ0n) is 16.6. The Morgan fingerprint density at radius 3 is 1.76 bits per heavy atom. The number of rotatable bonds is 3. The van der Waals surface area contributed by atoms with Gasteiger partial charge in [-0.15, -0.1) is 0 Å². The van der Waals surface area contributed by atoms with E-state index in [1.54, 1.807) is 20.0 Å². The van der Waals surface area contributed by atoms with Gasteiger partial charge in [-0.2, -0.15) is 0 Å². The summed E-state index contributed by atoms with van der Waals surface area (Å²) in [6, 6.07) is 14.8. The Morgan fingerprint density at radius 2 is 1.31 bits per heavy atom. The van der Waals surface area contributed by atoms with Gasteiger partial charge >= 0.3 is 11.9 Å². The summed E-state index contributed by atoms with van der Waals surface area (Å²) in [5.41, 5.74) is 2.86. The van der Waals surface area contributed by atoms with Crippen molar-refractivity contribution in [1.82, 2.24) is 5.06 Å². The number of amides is 1. The normalized spacial score (nSPS) is 10.6. The van der Waals surface area contributed by atoms with Gasteiger partial charge in [0.25, 0.3) is 0 Å². The van der Waals surface area contributed by atoms with Crippen molar-refractivity contribution in [1.29, 1.82) is 0 Å². The van der Waals surface area contributed by atoms with E-state index in [4.69, 9.17) is 18.8 Å². The van der Waals surface area contributed by atoms with Gasteiger partial charge in [0.2, 0.25) is 5.76 Å². The van der Waals surface area contributed by atoms with Crippen molar-refractivity contribution in [2.24, 2.45) is 0 Å². The van der Waals surface area contributed by atoms with Crippen LogP contribution in [-0.4, -0.2) is 36.2 Å². The number of benzene rings is 2. The molecule has 0 atom stereocenters. The molecule has 1 N–H and O–H groups in total. The number of para-hydroxylation sites is 2. The summed E-state index contributed by atoms with van der Waals surface area (Å²) in [6.45, 7) is 3.61. The van der Waals surface area contributed by atoms with Gasteiger partial charge < -0.3 is 13.9 Å². The second-order valence-electron chi connectivity index (χ2n) is 6.40. The third-order valence-corrected chi connectivity index (χ3v) is 4.64. The molecule has 0 spiro atoms. The Balaban J connectivity index is 0.000000169. The SMILES string of the molecule is CON(C)C(=O)c1oc2ccccc2c1C.Cc1c(C(=O)O)oc2ccccc12. The van der Waals surface area contributed by atoms with Crippen LogP contribution < -0.4 is 0 Å². The van der Waals surface area contributed by atoms with Crippen LogP contribution in [0.25, 0.3) is 21.9 Å². The van der Waals surface area contributed by atoms with Gasteiger partial charge in [-0.1, -0.05) is 36.4 Å². The molecule has 4 aromatic rings. The number of carboxylic acid groups (broad SMARTS) is 1. The molecule has 0 unspecified atom stereocenters. The number of aromatic carboxylic acids is 1. The molecule has 0 fully saturated rings. The van der Waals surface area contributed by atoms with Gasteiger partial charge in [-0.3, -0.25) is 9.63 Å². The highest BCUT2D eigenvalue weighted by Crippen LogP contribution is 2.26. The maximum Gasteiger partial charge on any atom is 0.372 e. The third-order valence-electron chi connectivity index (χ3n) is 4.64. The number of hydroxylamine groups is 2. The van der Waals surface area contributed by atoms with Crippen LogP contribution >= 0.6 is 0 Å². The lowest BCUT2D eigenvalue weighted by Crippen LogP contribution is -2.25. The molecular weight excluding hydrogens is 374 g/mol. The van der Waals surface area contributed by atoms with Crippen LogP contribution in [0.5, 0.6) is 0 Å². The Labute approximate surface area is 167 Å². The Hall–Kier alpha value is -3.58. The predicted molar refractivity (Wildman–Crippen MR) is 108 cm³/mol. The molecule has 0 aliphatic rings. The summed E-state index contributed by atoms with van der Waals surface area (Å²) in [4.78, 5) is 27.4. The van der Waals surface area contributed by atoms with Crippen molar-refractivity contribution >= 4 is 33.8 Å². The van der Waals surface area contributed by atoms with Gasteiger partial charge in [0.15, 0.2) is 5.76 Å². The van der Waals surface area contributed by atoms with E-state index in [0.29, 0.717) is 22.5 Å². The number of carbonyl (C=O) groups is 2. The van der Waals surface area contributed by atoms with E-state index in [2.05, 4.69) is 0 Å². The molecule has 7 nitrogen and oxygen atoms in total. The van der Waals surface area contributed by atoms with Crippen LogP contribution in [0.2, 0.25) is 0 Å². The van der Waals surface area contributed by atoms with Crippen molar-refractivity contribution < 1.29 is 28.4 Å². The summed E-state index contributed by atoms with van der Waals surface area (Å²) >= 11 is 0. The van der Waals surface area contributed by atoms with Crippen molar-refractivity contribution in [3.63, 3.8) is 0 Å². The second kappa shape index (κ2) is 8.20. The molecule has 0 radical (unpaired) electrons. The summed E-state index contributed by atoms with van der Waals surface area (Å²) in [5.74, 6) is -0.948. The number of aryl methyl sites for hydroxylation is 2. The first-order valence-corrected chi connectivity index (χ1v) is 8.86. The largest absolute Gasteiger partial charge is 0.475 e. The highest BCUT2D eigenvalue weighted by Gasteiger charge is 2.20. The molecule has 2 aromatic carbocycles. The molecule has 0 aliphatic carbocycles. The van der Waals surface area contributed by atoms with E-state index in [-0.39, 0.29) is 11.7 Å². The number of hydrogen-bond acceptors (Lipinski definition) is 5. The standard InChI is InChI=1S/C12H13NO3.C10H8O3/c1-8-9-6-4-5-7-10(9)16-11(8)12(14)13(2)15-3;1-6-7-4-2-3-5-8(7)13-9(6)10(11)12/h4-7H,1-3H3;2-5H,1H3,(H,11,12). The molecular formula is C22H21NO6. The summed E-state index contributed by atoms with van der Waals surface area (Å²) in [7, 11) is 2.99. The van der Waals surface area contributed by atoms with E-state index < -0.39 is 5.97 Å². The average molecular weight is 395 g/mol. The highest BCUT2D eigenvalue weighted by molar-refractivity contribution is 5.98. The fourth-order valence-electron chi connectivity index (χ4n) is 2.98. The smallest absolute Gasteiger partial charge is 0.372 e. The van der Waals surface area contributed by atoms with Crippen LogP contribution in [-0.2, 0) is 4.84 Å². The predicted octanol–water partition coefficient (Wildman–Crippen LogP) is 4.81. The zero-order chi connectivity index (χ0) is 21.1. The summed E-state index contributed by atoms with van der Waals surface area (Å²) in [6.07, 6.45) is 0. The van der Waals surface area contributed by atoms with Crippen molar-refractivity contribution in [2.75, 3.05) is 14.2 Å². The fraction of sp³-hybridized carbons (Fsp3) is 0.182. The maximum absolute atomic E-state index is 11.9. The number of carbonyl (C=O) groups excluding carboxylic acids is 1. The van der Waals surface area contributed by atoms with Crippen LogP contribution in [0.3, 0.4) is 0 Å². The molecule has 0 saturated carbocycles. The second-order valence-corrected chi connectivity index (χ2v) is 6.40. The number of carboxylic acids is 1. The third kappa shape index (κ3) is 3.86. The van der Waals surface area contributed by atoms with Gasteiger partial charge in [0.05, 0.1) is 7.11 Å². The first-order valence-electron chi connectivity index (χ1n) is 8.86. The lowest BCUT2D eigenvalue weighted by molar-refractivity contribution is -0.0773. The van der Waals surface area contributed by atoms with Gasteiger partial charge in [0, 0.05) is 28.9 Å². The lowest BCUT2D eigenvalue weighted by Gasteiger charge is -2.11. The number of hydrogen-bond donors (Lipinski definition) is 1. The summed E-state index contributed by atoms with van der Waals surface area (Å²) in [5, 5.41) is 11.7. The van der Waals surface area contributed by atoms with Crippen molar-refractivity contribution in [3.8, 4) is 0 Å². The molecule has 2 heterocycles. The number of furan rings is 2. The molecule has 7 heteroatoms. The molecule has 2 aromatic heterocycles. The minimum Gasteiger partial charge on any atom is -0.475 e. The Bertz CT molecular complexity index is 1190. The quantitative estimate of drug-likeness (QED) is 0.500. The van der Waals surface area contributed by atoms with Crippen LogP contribution in [0.15, 0.2) is 57.4 Å². The molecule has 29 heavy (non-hydrogen) atoms. The minimum absolute atomic E-state index is 0.0289. The fourth-order valence-corrected chi connectivity index (χ4v) is 2.98. The number of nitrogens with zero attached hydrogens (tertiary/aromatic N) is 1. The molecule has 4 rings (SSSR count).